The van der Waals surface area contributed by atoms with E-state index in [2.05, 4.69) is 55.3 Å². The number of nitrogens with zero attached hydrogens (tertiary/aromatic N) is 6. The standard InChI is InChI=1S/C40H62N6O7Si2/c1-48-18-20-52-39(47)40(53-21-19-49-2)16-14-32(15-17-40)36-26-37(44(30-50-22-24-54(3,4)5)31-51-23-25-55(6,7)8)46-38(43-36)35(28-42-46)33-27-41-45(29-33)34-12-10-9-11-13-34/h9-13,26-29,32H,14-25,30-31H2,1-8H3. The molecule has 0 unspecified atom stereocenters. The molecule has 302 valence electrons. The molecule has 1 aromatic carbocycles. The van der Waals surface area contributed by atoms with E-state index in [1.165, 1.54) is 0 Å². The molecule has 3 aromatic heterocycles. The van der Waals surface area contributed by atoms with Gasteiger partial charge in [-0.2, -0.15) is 14.7 Å². The van der Waals surface area contributed by atoms with Crippen LogP contribution in [-0.2, 0) is 33.2 Å². The zero-order chi connectivity index (χ0) is 39.5. The molecule has 55 heavy (non-hydrogen) atoms. The van der Waals surface area contributed by atoms with Crippen molar-refractivity contribution in [3.63, 3.8) is 0 Å². The van der Waals surface area contributed by atoms with Gasteiger partial charge < -0.3 is 33.3 Å². The Kier molecular flexibility index (Phi) is 15.2. The Morgan fingerprint density at radius 2 is 1.47 bits per heavy atom. The molecule has 1 aliphatic rings. The minimum Gasteiger partial charge on any atom is -0.461 e. The number of benzene rings is 1. The van der Waals surface area contributed by atoms with Gasteiger partial charge in [-0.05, 0) is 49.9 Å². The quantitative estimate of drug-likeness (QED) is 0.0346. The number of hydrogen-bond acceptors (Lipinski definition) is 11. The summed E-state index contributed by atoms with van der Waals surface area (Å²) in [5.74, 6) is 0.551. The Hall–Kier alpha value is -3.45. The van der Waals surface area contributed by atoms with Crippen molar-refractivity contribution in [1.82, 2.24) is 24.4 Å². The van der Waals surface area contributed by atoms with Crippen molar-refractivity contribution in [3.8, 4) is 16.8 Å². The average Bonchev–Trinajstić information content (AvgIpc) is 3.82. The highest BCUT2D eigenvalue weighted by atomic mass is 28.3. The highest BCUT2D eigenvalue weighted by Gasteiger charge is 2.45. The second kappa shape index (κ2) is 19.6. The number of para-hydroxylation sites is 1. The third kappa shape index (κ3) is 12.0. The van der Waals surface area contributed by atoms with Crippen LogP contribution in [0.1, 0.15) is 37.3 Å². The van der Waals surface area contributed by atoms with Gasteiger partial charge in [0.25, 0.3) is 0 Å². The summed E-state index contributed by atoms with van der Waals surface area (Å²) in [6, 6.07) is 14.3. The van der Waals surface area contributed by atoms with Crippen molar-refractivity contribution in [2.75, 3.05) is 72.2 Å². The van der Waals surface area contributed by atoms with Crippen LogP contribution in [0.3, 0.4) is 0 Å². The van der Waals surface area contributed by atoms with E-state index in [1.54, 1.807) is 14.2 Å². The lowest BCUT2D eigenvalue weighted by atomic mass is 9.77. The maximum atomic E-state index is 13.5. The SMILES string of the molecule is COCCOC(=O)C1(OCCOC)CCC(c2cc(N(COCC[Si](C)(C)C)COCC[Si](C)(C)C)n3ncc(-c4cnn(-c5ccccc5)c4)c3n2)CC1. The first-order valence-corrected chi connectivity index (χ1v) is 26.9. The first-order chi connectivity index (χ1) is 26.3. The van der Waals surface area contributed by atoms with Crippen LogP contribution < -0.4 is 4.90 Å². The van der Waals surface area contributed by atoms with Gasteiger partial charge in [-0.25, -0.2) is 14.5 Å². The summed E-state index contributed by atoms with van der Waals surface area (Å²) in [4.78, 5) is 20.9. The predicted molar refractivity (Wildman–Crippen MR) is 221 cm³/mol. The van der Waals surface area contributed by atoms with Crippen LogP contribution in [0.5, 0.6) is 0 Å². The van der Waals surface area contributed by atoms with Gasteiger partial charge in [0.1, 0.15) is 25.9 Å². The van der Waals surface area contributed by atoms with Gasteiger partial charge in [-0.3, -0.25) is 0 Å². The molecule has 4 aromatic rings. The fourth-order valence-corrected chi connectivity index (χ4v) is 8.03. The first kappa shape index (κ1) is 42.7. The Morgan fingerprint density at radius 3 is 2.09 bits per heavy atom. The van der Waals surface area contributed by atoms with Gasteiger partial charge in [-0.15, -0.1) is 0 Å². The Bertz CT molecular complexity index is 1760. The van der Waals surface area contributed by atoms with Gasteiger partial charge >= 0.3 is 5.97 Å². The van der Waals surface area contributed by atoms with E-state index in [-0.39, 0.29) is 18.5 Å². The third-order valence-corrected chi connectivity index (χ3v) is 13.4. The largest absolute Gasteiger partial charge is 0.461 e. The van der Waals surface area contributed by atoms with Crippen LogP contribution in [0, 0.1) is 0 Å². The summed E-state index contributed by atoms with van der Waals surface area (Å²) in [5.41, 5.74) is 3.35. The molecular weight excluding hydrogens is 733 g/mol. The fourth-order valence-electron chi connectivity index (χ4n) is 6.52. The molecular formula is C40H62N6O7Si2. The lowest BCUT2D eigenvalue weighted by Gasteiger charge is -2.38. The van der Waals surface area contributed by atoms with Gasteiger partial charge in [-0.1, -0.05) is 57.5 Å². The molecule has 0 amide bonds. The van der Waals surface area contributed by atoms with Crippen molar-refractivity contribution in [3.05, 3.63) is 60.7 Å². The van der Waals surface area contributed by atoms with E-state index >= 15 is 0 Å². The van der Waals surface area contributed by atoms with E-state index in [4.69, 9.17) is 38.5 Å². The maximum absolute atomic E-state index is 13.5. The number of carbonyl (C=O) groups is 1. The van der Waals surface area contributed by atoms with Crippen LogP contribution in [0.15, 0.2) is 55.0 Å². The van der Waals surface area contributed by atoms with Crippen molar-refractivity contribution in [2.45, 2.75) is 88.6 Å². The predicted octanol–water partition coefficient (Wildman–Crippen LogP) is 7.26. The van der Waals surface area contributed by atoms with E-state index in [0.717, 1.165) is 46.1 Å². The molecule has 0 N–H and O–H groups in total. The summed E-state index contributed by atoms with van der Waals surface area (Å²) in [7, 11) is 0.620. The topological polar surface area (TPSA) is 124 Å². The van der Waals surface area contributed by atoms with Crippen LogP contribution in [-0.4, -0.2) is 119 Å². The Labute approximate surface area is 328 Å². The van der Waals surface area contributed by atoms with Crippen LogP contribution >= 0.6 is 0 Å². The molecule has 3 heterocycles. The number of ether oxygens (including phenoxy) is 6. The van der Waals surface area contributed by atoms with Crippen molar-refractivity contribution in [1.29, 1.82) is 0 Å². The number of rotatable bonds is 22. The molecule has 13 nitrogen and oxygen atoms in total. The lowest BCUT2D eigenvalue weighted by Crippen LogP contribution is -2.46. The molecule has 0 spiro atoms. The molecule has 1 fully saturated rings. The molecule has 0 radical (unpaired) electrons. The van der Waals surface area contributed by atoms with Gasteiger partial charge in [0.2, 0.25) is 0 Å². The second-order valence-corrected chi connectivity index (χ2v) is 28.1. The number of anilines is 1. The number of carbonyl (C=O) groups excluding carboxylic acids is 1. The number of methoxy groups -OCH3 is 2. The van der Waals surface area contributed by atoms with Crippen molar-refractivity contribution in [2.24, 2.45) is 0 Å². The minimum atomic E-state index is -1.30. The van der Waals surface area contributed by atoms with Crippen molar-refractivity contribution >= 4 is 33.6 Å². The van der Waals surface area contributed by atoms with E-state index in [0.29, 0.717) is 72.2 Å². The van der Waals surface area contributed by atoms with Crippen LogP contribution in [0.25, 0.3) is 22.5 Å². The maximum Gasteiger partial charge on any atom is 0.338 e. The van der Waals surface area contributed by atoms with E-state index < -0.39 is 21.7 Å². The van der Waals surface area contributed by atoms with Gasteiger partial charge in [0.05, 0.1) is 37.9 Å². The number of fused-ring (bicyclic) bond motifs is 1. The minimum absolute atomic E-state index is 0.0620. The third-order valence-electron chi connectivity index (χ3n) is 9.97. The summed E-state index contributed by atoms with van der Waals surface area (Å²) in [5, 5.41) is 9.60. The smallest absolute Gasteiger partial charge is 0.338 e. The summed E-state index contributed by atoms with van der Waals surface area (Å²) < 4.78 is 38.8. The zero-order valence-electron chi connectivity index (χ0n) is 34.2. The first-order valence-electron chi connectivity index (χ1n) is 19.5. The summed E-state index contributed by atoms with van der Waals surface area (Å²) in [6.45, 7) is 17.4. The molecule has 0 aliphatic heterocycles. The molecule has 1 aliphatic carbocycles. The summed E-state index contributed by atoms with van der Waals surface area (Å²) in [6.07, 6.45) is 8.09. The van der Waals surface area contributed by atoms with Crippen LogP contribution in [0.2, 0.25) is 51.4 Å². The van der Waals surface area contributed by atoms with Crippen molar-refractivity contribution < 1.29 is 33.2 Å². The zero-order valence-corrected chi connectivity index (χ0v) is 36.2. The van der Waals surface area contributed by atoms with E-state index in [9.17, 15) is 4.79 Å². The highest BCUT2D eigenvalue weighted by molar-refractivity contribution is 6.76. The Morgan fingerprint density at radius 1 is 0.836 bits per heavy atom. The number of esters is 1. The average molecular weight is 795 g/mol. The molecule has 0 atom stereocenters. The molecule has 0 bridgehead atoms. The molecule has 0 saturated heterocycles. The highest BCUT2D eigenvalue weighted by Crippen LogP contribution is 2.42. The second-order valence-electron chi connectivity index (χ2n) is 16.8. The van der Waals surface area contributed by atoms with Gasteiger partial charge in [0.15, 0.2) is 11.2 Å². The van der Waals surface area contributed by atoms with Crippen LogP contribution in [0.4, 0.5) is 5.82 Å². The Balaban J connectivity index is 1.51. The van der Waals surface area contributed by atoms with E-state index in [1.807, 2.05) is 58.1 Å². The molecule has 5 rings (SSSR count). The number of hydrogen-bond donors (Lipinski definition) is 0. The molecule has 15 heteroatoms. The lowest BCUT2D eigenvalue weighted by molar-refractivity contribution is -0.180. The van der Waals surface area contributed by atoms with Gasteiger partial charge in [0, 0.05) is 78.6 Å². The summed E-state index contributed by atoms with van der Waals surface area (Å²) >= 11 is 0. The fraction of sp³-hybridized carbons (Fsp3) is 0.600. The normalized spacial score (nSPS) is 17.9. The molecule has 1 saturated carbocycles. The monoisotopic (exact) mass is 794 g/mol. The number of aromatic nitrogens is 5.